The Labute approximate surface area is 125 Å². The van der Waals surface area contributed by atoms with E-state index in [-0.39, 0.29) is 12.4 Å². The van der Waals surface area contributed by atoms with E-state index < -0.39 is 10.0 Å². The Bertz CT molecular complexity index is 616. The summed E-state index contributed by atoms with van der Waals surface area (Å²) in [7, 11) is -0.509. The van der Waals surface area contributed by atoms with E-state index in [9.17, 15) is 8.42 Å². The second kappa shape index (κ2) is 8.52. The van der Waals surface area contributed by atoms with Crippen LogP contribution >= 0.6 is 0 Å². The fourth-order valence-corrected chi connectivity index (χ4v) is 2.71. The van der Waals surface area contributed by atoms with Crippen molar-refractivity contribution in [2.75, 3.05) is 37.9 Å². The molecule has 1 aromatic rings. The summed E-state index contributed by atoms with van der Waals surface area (Å²) in [5.41, 5.74) is 0.902. The first kappa shape index (κ1) is 17.3. The van der Waals surface area contributed by atoms with Gasteiger partial charge in [0.1, 0.15) is 12.4 Å². The van der Waals surface area contributed by atoms with E-state index >= 15 is 0 Å². The lowest BCUT2D eigenvalue weighted by molar-refractivity contribution is 0.199. The van der Waals surface area contributed by atoms with E-state index in [0.717, 1.165) is 0 Å². The van der Waals surface area contributed by atoms with Gasteiger partial charge in [-0.3, -0.25) is 4.72 Å². The number of aliphatic hydroxyl groups is 1. The first-order chi connectivity index (χ1) is 10.0. The van der Waals surface area contributed by atoms with Gasteiger partial charge in [0.2, 0.25) is 10.0 Å². The molecule has 2 N–H and O–H groups in total. The van der Waals surface area contributed by atoms with Crippen molar-refractivity contribution in [3.8, 4) is 17.6 Å². The Morgan fingerprint density at radius 1 is 1.33 bits per heavy atom. The molecule has 1 rings (SSSR count). The van der Waals surface area contributed by atoms with Crippen LogP contribution in [0.2, 0.25) is 0 Å². The molecule has 0 aromatic heterocycles. The molecule has 0 bridgehead atoms. The lowest BCUT2D eigenvalue weighted by Gasteiger charge is -2.12. The number of ether oxygens (including phenoxy) is 2. The molecule has 0 spiro atoms. The van der Waals surface area contributed by atoms with Gasteiger partial charge < -0.3 is 14.6 Å². The van der Waals surface area contributed by atoms with Crippen LogP contribution in [0.1, 0.15) is 12.0 Å². The molecule has 0 heterocycles. The molecule has 0 aliphatic carbocycles. The van der Waals surface area contributed by atoms with Gasteiger partial charge >= 0.3 is 0 Å². The molecule has 0 amide bonds. The first-order valence-electron chi connectivity index (χ1n) is 6.29. The maximum absolute atomic E-state index is 12.0. The third-order valence-corrected chi connectivity index (χ3v) is 3.90. The average Bonchev–Trinajstić information content (AvgIpc) is 2.45. The van der Waals surface area contributed by atoms with Gasteiger partial charge in [0, 0.05) is 19.3 Å². The number of nitrogens with one attached hydrogen (secondary N) is 1. The minimum Gasteiger partial charge on any atom is -0.495 e. The van der Waals surface area contributed by atoms with Crippen molar-refractivity contribution in [1.29, 1.82) is 0 Å². The van der Waals surface area contributed by atoms with Crippen molar-refractivity contribution < 1.29 is 23.0 Å². The molecule has 0 saturated carbocycles. The van der Waals surface area contributed by atoms with Crippen LogP contribution in [0.4, 0.5) is 5.69 Å². The van der Waals surface area contributed by atoms with E-state index in [1.54, 1.807) is 18.2 Å². The van der Waals surface area contributed by atoms with Crippen molar-refractivity contribution >= 4 is 15.7 Å². The summed E-state index contributed by atoms with van der Waals surface area (Å²) in [6.07, 6.45) is 0.401. The van der Waals surface area contributed by atoms with E-state index in [1.165, 1.54) is 14.2 Å². The number of hydrogen-bond donors (Lipinski definition) is 2. The molecule has 0 radical (unpaired) electrons. The Kier molecular flexibility index (Phi) is 7.02. The summed E-state index contributed by atoms with van der Waals surface area (Å²) in [6.45, 7) is 0.115. The highest BCUT2D eigenvalue weighted by Crippen LogP contribution is 2.26. The first-order valence-corrected chi connectivity index (χ1v) is 7.95. The fraction of sp³-hybridized carbons (Fsp3) is 0.429. The highest BCUT2D eigenvalue weighted by atomic mass is 32.2. The van der Waals surface area contributed by atoms with Crippen LogP contribution in [0.25, 0.3) is 0 Å². The molecule has 116 valence electrons. The summed E-state index contributed by atoms with van der Waals surface area (Å²) >= 11 is 0. The zero-order chi connectivity index (χ0) is 15.7. The monoisotopic (exact) mass is 313 g/mol. The standard InChI is InChI=1S/C14H19NO5S/c1-19-9-4-10-21(17,18)15-13-11-12(5-3-8-16)6-7-14(13)20-2/h6-7,11,15-16H,4,8-10H2,1-2H3. The minimum atomic E-state index is -3.48. The SMILES string of the molecule is COCCCS(=O)(=O)Nc1cc(C#CCO)ccc1OC. The normalized spacial score (nSPS) is 10.6. The van der Waals surface area contributed by atoms with Crippen LogP contribution in [-0.2, 0) is 14.8 Å². The fourth-order valence-electron chi connectivity index (χ4n) is 1.62. The Balaban J connectivity index is 2.94. The highest BCUT2D eigenvalue weighted by Gasteiger charge is 2.13. The Morgan fingerprint density at radius 2 is 2.10 bits per heavy atom. The van der Waals surface area contributed by atoms with Gasteiger partial charge in [-0.1, -0.05) is 11.8 Å². The number of aliphatic hydroxyl groups excluding tert-OH is 1. The number of hydrogen-bond acceptors (Lipinski definition) is 5. The van der Waals surface area contributed by atoms with Gasteiger partial charge in [0.05, 0.1) is 18.6 Å². The van der Waals surface area contributed by atoms with Gasteiger partial charge in [0.15, 0.2) is 0 Å². The van der Waals surface area contributed by atoms with E-state index in [4.69, 9.17) is 14.6 Å². The summed E-state index contributed by atoms with van der Waals surface area (Å²) in [5, 5.41) is 8.68. The number of sulfonamides is 1. The number of anilines is 1. The molecule has 7 heteroatoms. The van der Waals surface area contributed by atoms with Crippen molar-refractivity contribution in [2.45, 2.75) is 6.42 Å². The minimum absolute atomic E-state index is 0.0451. The quantitative estimate of drug-likeness (QED) is 0.575. The van der Waals surface area contributed by atoms with Crippen LogP contribution in [0, 0.1) is 11.8 Å². The van der Waals surface area contributed by atoms with Crippen molar-refractivity contribution in [1.82, 2.24) is 0 Å². The highest BCUT2D eigenvalue weighted by molar-refractivity contribution is 7.92. The smallest absolute Gasteiger partial charge is 0.232 e. The second-order valence-corrected chi connectivity index (χ2v) is 5.98. The molecular formula is C14H19NO5S. The molecule has 0 aliphatic heterocycles. The molecule has 0 saturated heterocycles. The number of methoxy groups -OCH3 is 2. The third-order valence-electron chi connectivity index (χ3n) is 2.54. The Hall–Kier alpha value is -1.75. The van der Waals surface area contributed by atoms with Crippen LogP contribution < -0.4 is 9.46 Å². The number of benzene rings is 1. The lowest BCUT2D eigenvalue weighted by Crippen LogP contribution is -2.18. The maximum Gasteiger partial charge on any atom is 0.232 e. The summed E-state index contributed by atoms with van der Waals surface area (Å²) in [4.78, 5) is 0. The molecular weight excluding hydrogens is 294 g/mol. The summed E-state index contributed by atoms with van der Waals surface area (Å²) < 4.78 is 36.4. The van der Waals surface area contributed by atoms with Crippen molar-refractivity contribution in [3.63, 3.8) is 0 Å². The zero-order valence-electron chi connectivity index (χ0n) is 12.0. The van der Waals surface area contributed by atoms with Crippen molar-refractivity contribution in [2.24, 2.45) is 0 Å². The van der Waals surface area contributed by atoms with E-state index in [1.807, 2.05) is 0 Å². The van der Waals surface area contributed by atoms with E-state index in [2.05, 4.69) is 16.6 Å². The topological polar surface area (TPSA) is 84.9 Å². The number of rotatable bonds is 7. The van der Waals surface area contributed by atoms with Gasteiger partial charge in [0.25, 0.3) is 0 Å². The lowest BCUT2D eigenvalue weighted by atomic mass is 10.2. The van der Waals surface area contributed by atoms with Crippen LogP contribution in [0.3, 0.4) is 0 Å². The van der Waals surface area contributed by atoms with Crippen LogP contribution in [-0.4, -0.2) is 46.7 Å². The third kappa shape index (κ3) is 6.04. The summed E-state index contributed by atoms with van der Waals surface area (Å²) in [5.74, 6) is 5.58. The van der Waals surface area contributed by atoms with Crippen molar-refractivity contribution in [3.05, 3.63) is 23.8 Å². The molecule has 0 atom stereocenters. The van der Waals surface area contributed by atoms with E-state index in [0.29, 0.717) is 30.0 Å². The van der Waals surface area contributed by atoms with Gasteiger partial charge in [-0.05, 0) is 24.6 Å². The van der Waals surface area contributed by atoms with Gasteiger partial charge in [-0.2, -0.15) is 0 Å². The molecule has 0 fully saturated rings. The molecule has 6 nitrogen and oxygen atoms in total. The zero-order valence-corrected chi connectivity index (χ0v) is 12.9. The average molecular weight is 313 g/mol. The predicted octanol–water partition coefficient (Wildman–Crippen LogP) is 0.817. The molecule has 21 heavy (non-hydrogen) atoms. The molecule has 1 aromatic carbocycles. The predicted molar refractivity (Wildman–Crippen MR) is 80.9 cm³/mol. The molecule has 0 unspecified atom stereocenters. The van der Waals surface area contributed by atoms with Gasteiger partial charge in [-0.25, -0.2) is 8.42 Å². The van der Waals surface area contributed by atoms with Crippen LogP contribution in [0.5, 0.6) is 5.75 Å². The molecule has 0 aliphatic rings. The summed E-state index contributed by atoms with van der Waals surface area (Å²) in [6, 6.07) is 4.87. The maximum atomic E-state index is 12.0. The Morgan fingerprint density at radius 3 is 2.71 bits per heavy atom. The van der Waals surface area contributed by atoms with Gasteiger partial charge in [-0.15, -0.1) is 0 Å². The second-order valence-electron chi connectivity index (χ2n) is 4.14. The largest absolute Gasteiger partial charge is 0.495 e. The van der Waals surface area contributed by atoms with Crippen LogP contribution in [0.15, 0.2) is 18.2 Å².